The van der Waals surface area contributed by atoms with E-state index < -0.39 is 6.10 Å². The number of aliphatic hydroxyl groups is 1. The number of carbonyl (C=O) groups excluding carboxylic acids is 1. The van der Waals surface area contributed by atoms with Crippen molar-refractivity contribution < 1.29 is 9.90 Å². The molecule has 1 aromatic carbocycles. The monoisotopic (exact) mass is 213 g/mol. The van der Waals surface area contributed by atoms with Gasteiger partial charge < -0.3 is 10.4 Å². The Morgan fingerprint density at radius 1 is 1.64 bits per heavy atom. The number of aliphatic hydroxyl groups excluding tert-OH is 1. The molecule has 0 aliphatic rings. The van der Waals surface area contributed by atoms with Gasteiger partial charge in [-0.2, -0.15) is 0 Å². The molecule has 0 aliphatic heterocycles. The van der Waals surface area contributed by atoms with E-state index >= 15 is 0 Å². The van der Waals surface area contributed by atoms with Crippen molar-refractivity contribution in [3.05, 3.63) is 34.9 Å². The minimum Gasteiger partial charge on any atom is -0.392 e. The molecule has 14 heavy (non-hydrogen) atoms. The van der Waals surface area contributed by atoms with E-state index in [9.17, 15) is 4.79 Å². The fourth-order valence-electron chi connectivity index (χ4n) is 0.972. The van der Waals surface area contributed by atoms with E-state index in [1.165, 1.54) is 0 Å². The van der Waals surface area contributed by atoms with Crippen LogP contribution in [0, 0.1) is 0 Å². The summed E-state index contributed by atoms with van der Waals surface area (Å²) < 4.78 is 0. The molecule has 0 spiro atoms. The summed E-state index contributed by atoms with van der Waals surface area (Å²) in [6, 6.07) is 6.66. The summed E-state index contributed by atoms with van der Waals surface area (Å²) in [4.78, 5) is 11.4. The topological polar surface area (TPSA) is 49.3 Å². The second-order valence-corrected chi connectivity index (χ2v) is 3.51. The quantitative estimate of drug-likeness (QED) is 0.799. The van der Waals surface area contributed by atoms with Gasteiger partial charge >= 0.3 is 0 Å². The summed E-state index contributed by atoms with van der Waals surface area (Å²) in [6.45, 7) is 1.85. The summed E-state index contributed by atoms with van der Waals surface area (Å²) in [5.41, 5.74) is 0.498. The van der Waals surface area contributed by atoms with Crippen molar-refractivity contribution in [2.45, 2.75) is 13.0 Å². The maximum absolute atomic E-state index is 11.4. The number of halogens is 1. The standard InChI is InChI=1S/C10H12ClNO2/c1-7(13)6-12-10(14)8-3-2-4-9(11)5-8/h2-5,7,13H,6H2,1H3,(H,12,14)/t7-/m0/s1. The second kappa shape index (κ2) is 4.98. The molecule has 3 nitrogen and oxygen atoms in total. The molecule has 1 amide bonds. The highest BCUT2D eigenvalue weighted by atomic mass is 35.5. The maximum atomic E-state index is 11.4. The Morgan fingerprint density at radius 2 is 2.36 bits per heavy atom. The molecule has 0 aliphatic carbocycles. The number of carbonyl (C=O) groups is 1. The first kappa shape index (κ1) is 11.0. The van der Waals surface area contributed by atoms with Crippen molar-refractivity contribution in [1.82, 2.24) is 5.32 Å². The normalized spacial score (nSPS) is 12.2. The second-order valence-electron chi connectivity index (χ2n) is 3.07. The van der Waals surface area contributed by atoms with Crippen LogP contribution in [0.25, 0.3) is 0 Å². The van der Waals surface area contributed by atoms with Crippen molar-refractivity contribution in [2.24, 2.45) is 0 Å². The minimum absolute atomic E-state index is 0.228. The molecule has 1 aromatic rings. The van der Waals surface area contributed by atoms with E-state index in [2.05, 4.69) is 5.32 Å². The van der Waals surface area contributed by atoms with Gasteiger partial charge in [0.1, 0.15) is 0 Å². The van der Waals surface area contributed by atoms with Crippen molar-refractivity contribution in [3.8, 4) is 0 Å². The van der Waals surface area contributed by atoms with E-state index in [1.54, 1.807) is 31.2 Å². The molecule has 1 rings (SSSR count). The lowest BCUT2D eigenvalue weighted by Gasteiger charge is -2.06. The van der Waals surface area contributed by atoms with Gasteiger partial charge in [-0.1, -0.05) is 17.7 Å². The van der Waals surface area contributed by atoms with Crippen LogP contribution in [-0.4, -0.2) is 23.7 Å². The first-order valence-corrected chi connectivity index (χ1v) is 4.69. The van der Waals surface area contributed by atoms with Gasteiger partial charge in [0.25, 0.3) is 5.91 Å². The fraction of sp³-hybridized carbons (Fsp3) is 0.300. The van der Waals surface area contributed by atoms with Crippen molar-refractivity contribution in [2.75, 3.05) is 6.54 Å². The molecule has 0 aromatic heterocycles. The molecule has 0 radical (unpaired) electrons. The Kier molecular flexibility index (Phi) is 3.92. The SMILES string of the molecule is C[C@H](O)CNC(=O)c1cccc(Cl)c1. The lowest BCUT2D eigenvalue weighted by molar-refractivity contribution is 0.0924. The van der Waals surface area contributed by atoms with Gasteiger partial charge in [-0.3, -0.25) is 4.79 Å². The molecule has 2 N–H and O–H groups in total. The summed E-state index contributed by atoms with van der Waals surface area (Å²) in [7, 11) is 0. The number of hydrogen-bond acceptors (Lipinski definition) is 2. The molecule has 0 saturated heterocycles. The molecule has 0 saturated carbocycles. The van der Waals surface area contributed by atoms with Gasteiger partial charge in [0.2, 0.25) is 0 Å². The first-order chi connectivity index (χ1) is 6.59. The predicted octanol–water partition coefficient (Wildman–Crippen LogP) is 1.45. The predicted molar refractivity (Wildman–Crippen MR) is 55.5 cm³/mol. The number of amides is 1. The zero-order valence-electron chi connectivity index (χ0n) is 7.83. The summed E-state index contributed by atoms with van der Waals surface area (Å²) in [6.07, 6.45) is -0.543. The summed E-state index contributed by atoms with van der Waals surface area (Å²) >= 11 is 5.72. The van der Waals surface area contributed by atoms with Crippen LogP contribution in [-0.2, 0) is 0 Å². The van der Waals surface area contributed by atoms with Crippen LogP contribution in [0.5, 0.6) is 0 Å². The number of rotatable bonds is 3. The maximum Gasteiger partial charge on any atom is 0.251 e. The van der Waals surface area contributed by atoms with Gasteiger partial charge in [0, 0.05) is 17.1 Å². The third kappa shape index (κ3) is 3.36. The Bertz CT molecular complexity index is 326. The average Bonchev–Trinajstić information content (AvgIpc) is 2.14. The van der Waals surface area contributed by atoms with Crippen molar-refractivity contribution in [1.29, 1.82) is 0 Å². The van der Waals surface area contributed by atoms with Crippen LogP contribution >= 0.6 is 11.6 Å². The van der Waals surface area contributed by atoms with E-state index in [1.807, 2.05) is 0 Å². The third-order valence-corrected chi connectivity index (χ3v) is 1.88. The smallest absolute Gasteiger partial charge is 0.251 e. The molecule has 1 atom stereocenters. The zero-order valence-corrected chi connectivity index (χ0v) is 8.58. The van der Waals surface area contributed by atoms with Gasteiger partial charge in [-0.05, 0) is 25.1 Å². The number of nitrogens with one attached hydrogen (secondary N) is 1. The molecule has 0 bridgehead atoms. The van der Waals surface area contributed by atoms with E-state index in [4.69, 9.17) is 16.7 Å². The summed E-state index contributed by atoms with van der Waals surface area (Å²) in [5.74, 6) is -0.228. The average molecular weight is 214 g/mol. The number of benzene rings is 1. The van der Waals surface area contributed by atoms with Crippen LogP contribution in [0.3, 0.4) is 0 Å². The Labute approximate surface area is 87.7 Å². The highest BCUT2D eigenvalue weighted by Crippen LogP contribution is 2.10. The Hall–Kier alpha value is -1.06. The Balaban J connectivity index is 2.61. The zero-order chi connectivity index (χ0) is 10.6. The van der Waals surface area contributed by atoms with Gasteiger partial charge in [-0.15, -0.1) is 0 Å². The van der Waals surface area contributed by atoms with Crippen LogP contribution < -0.4 is 5.32 Å². The van der Waals surface area contributed by atoms with Gasteiger partial charge in [-0.25, -0.2) is 0 Å². The number of hydrogen-bond donors (Lipinski definition) is 2. The first-order valence-electron chi connectivity index (χ1n) is 4.31. The lowest BCUT2D eigenvalue weighted by atomic mass is 10.2. The fourth-order valence-corrected chi connectivity index (χ4v) is 1.16. The highest BCUT2D eigenvalue weighted by Gasteiger charge is 2.05. The molecule has 0 fully saturated rings. The van der Waals surface area contributed by atoms with Gasteiger partial charge in [0.15, 0.2) is 0 Å². The van der Waals surface area contributed by atoms with Crippen LogP contribution in [0.1, 0.15) is 17.3 Å². The molecule has 4 heteroatoms. The van der Waals surface area contributed by atoms with E-state index in [-0.39, 0.29) is 12.5 Å². The molecular weight excluding hydrogens is 202 g/mol. The van der Waals surface area contributed by atoms with Crippen molar-refractivity contribution >= 4 is 17.5 Å². The van der Waals surface area contributed by atoms with Crippen molar-refractivity contribution in [3.63, 3.8) is 0 Å². The molecule has 0 unspecified atom stereocenters. The van der Waals surface area contributed by atoms with Gasteiger partial charge in [0.05, 0.1) is 6.10 Å². The molecule has 0 heterocycles. The third-order valence-electron chi connectivity index (χ3n) is 1.64. The Morgan fingerprint density at radius 3 is 2.93 bits per heavy atom. The van der Waals surface area contributed by atoms with E-state index in [0.717, 1.165) is 0 Å². The lowest BCUT2D eigenvalue weighted by Crippen LogP contribution is -2.30. The highest BCUT2D eigenvalue weighted by molar-refractivity contribution is 6.30. The summed E-state index contributed by atoms with van der Waals surface area (Å²) in [5, 5.41) is 12.1. The largest absolute Gasteiger partial charge is 0.392 e. The van der Waals surface area contributed by atoms with E-state index in [0.29, 0.717) is 10.6 Å². The van der Waals surface area contributed by atoms with Crippen LogP contribution in [0.2, 0.25) is 5.02 Å². The minimum atomic E-state index is -0.543. The molecular formula is C10H12ClNO2. The van der Waals surface area contributed by atoms with Crippen LogP contribution in [0.4, 0.5) is 0 Å². The van der Waals surface area contributed by atoms with Crippen LogP contribution in [0.15, 0.2) is 24.3 Å². The molecule has 76 valence electrons.